The quantitative estimate of drug-likeness (QED) is 0.785. The van der Waals surface area contributed by atoms with Crippen molar-refractivity contribution in [2.75, 3.05) is 11.9 Å². The molecular formula is C15H18N2OS. The smallest absolute Gasteiger partial charge is 0.190 e. The van der Waals surface area contributed by atoms with Crippen LogP contribution < -0.4 is 4.90 Å². The highest BCUT2D eigenvalue weighted by molar-refractivity contribution is 7.17. The number of carbonyl (C=O) groups is 1. The topological polar surface area (TPSA) is 33.2 Å². The number of rotatable bonds is 4. The SMILES string of the molecule is Cc1ccc(N(C)c2nc(C(C)C)c(C=O)s2)cc1. The Labute approximate surface area is 117 Å². The van der Waals surface area contributed by atoms with Gasteiger partial charge in [0.1, 0.15) is 0 Å². The van der Waals surface area contributed by atoms with Gasteiger partial charge in [0.2, 0.25) is 0 Å². The Morgan fingerprint density at radius 3 is 2.37 bits per heavy atom. The Bertz CT molecular complexity index is 572. The minimum absolute atomic E-state index is 0.261. The van der Waals surface area contributed by atoms with Gasteiger partial charge in [-0.15, -0.1) is 0 Å². The predicted octanol–water partition coefficient (Wildman–Crippen LogP) is 4.16. The second kappa shape index (κ2) is 5.53. The predicted molar refractivity (Wildman–Crippen MR) is 80.8 cm³/mol. The first-order chi connectivity index (χ1) is 9.02. The molecule has 19 heavy (non-hydrogen) atoms. The van der Waals surface area contributed by atoms with Crippen molar-refractivity contribution in [2.45, 2.75) is 26.7 Å². The summed E-state index contributed by atoms with van der Waals surface area (Å²) in [6.07, 6.45) is 0.902. The Morgan fingerprint density at radius 2 is 1.89 bits per heavy atom. The van der Waals surface area contributed by atoms with Gasteiger partial charge in [-0.25, -0.2) is 4.98 Å². The van der Waals surface area contributed by atoms with E-state index in [-0.39, 0.29) is 5.92 Å². The van der Waals surface area contributed by atoms with Crippen molar-refractivity contribution in [3.05, 3.63) is 40.4 Å². The summed E-state index contributed by atoms with van der Waals surface area (Å²) >= 11 is 1.44. The van der Waals surface area contributed by atoms with Gasteiger partial charge < -0.3 is 4.90 Å². The molecule has 0 atom stereocenters. The summed E-state index contributed by atoms with van der Waals surface area (Å²) in [7, 11) is 1.97. The lowest BCUT2D eigenvalue weighted by Crippen LogP contribution is -2.09. The summed E-state index contributed by atoms with van der Waals surface area (Å²) in [4.78, 5) is 18.4. The molecule has 0 spiro atoms. The van der Waals surface area contributed by atoms with Gasteiger partial charge in [0.05, 0.1) is 10.6 Å². The van der Waals surface area contributed by atoms with Crippen molar-refractivity contribution in [1.82, 2.24) is 4.98 Å². The molecule has 0 aliphatic rings. The number of thiazole rings is 1. The molecule has 2 rings (SSSR count). The van der Waals surface area contributed by atoms with Gasteiger partial charge in [0.25, 0.3) is 0 Å². The number of carbonyl (C=O) groups excluding carboxylic acids is 1. The maximum Gasteiger partial charge on any atom is 0.190 e. The summed E-state index contributed by atoms with van der Waals surface area (Å²) in [5.41, 5.74) is 3.19. The van der Waals surface area contributed by atoms with Gasteiger partial charge in [-0.2, -0.15) is 0 Å². The van der Waals surface area contributed by atoms with Crippen LogP contribution in [0, 0.1) is 6.92 Å². The zero-order valence-corrected chi connectivity index (χ0v) is 12.5. The molecule has 0 amide bonds. The molecule has 0 bridgehead atoms. The van der Waals surface area contributed by atoms with E-state index >= 15 is 0 Å². The van der Waals surface area contributed by atoms with Crippen LogP contribution in [-0.4, -0.2) is 18.3 Å². The van der Waals surface area contributed by atoms with Gasteiger partial charge in [0, 0.05) is 12.7 Å². The maximum absolute atomic E-state index is 11.1. The van der Waals surface area contributed by atoms with Crippen molar-refractivity contribution in [1.29, 1.82) is 0 Å². The number of anilines is 2. The Kier molecular flexibility index (Phi) is 4.00. The normalized spacial score (nSPS) is 10.8. The van der Waals surface area contributed by atoms with E-state index in [1.165, 1.54) is 16.9 Å². The first-order valence-electron chi connectivity index (χ1n) is 6.29. The second-order valence-corrected chi connectivity index (χ2v) is 5.92. The van der Waals surface area contributed by atoms with Crippen molar-refractivity contribution in [3.63, 3.8) is 0 Å². The molecule has 4 heteroatoms. The molecule has 0 aliphatic carbocycles. The molecule has 0 fully saturated rings. The van der Waals surface area contributed by atoms with Crippen LogP contribution in [0.5, 0.6) is 0 Å². The number of aromatic nitrogens is 1. The van der Waals surface area contributed by atoms with Gasteiger partial charge in [-0.05, 0) is 25.0 Å². The molecule has 1 heterocycles. The number of aryl methyl sites for hydroxylation is 1. The largest absolute Gasteiger partial charge is 0.321 e. The number of nitrogens with zero attached hydrogens (tertiary/aromatic N) is 2. The van der Waals surface area contributed by atoms with Crippen LogP contribution in [0.15, 0.2) is 24.3 Å². The average molecular weight is 274 g/mol. The van der Waals surface area contributed by atoms with Gasteiger partial charge in [-0.1, -0.05) is 42.9 Å². The number of aldehydes is 1. The zero-order chi connectivity index (χ0) is 14.0. The van der Waals surface area contributed by atoms with Crippen LogP contribution in [0.4, 0.5) is 10.8 Å². The van der Waals surface area contributed by atoms with E-state index in [1.54, 1.807) is 0 Å². The third kappa shape index (κ3) is 2.84. The maximum atomic E-state index is 11.1. The molecular weight excluding hydrogens is 256 g/mol. The van der Waals surface area contributed by atoms with Crippen LogP contribution >= 0.6 is 11.3 Å². The number of hydrogen-bond acceptors (Lipinski definition) is 4. The lowest BCUT2D eigenvalue weighted by atomic mass is 10.1. The molecule has 0 radical (unpaired) electrons. The lowest BCUT2D eigenvalue weighted by Gasteiger charge is -2.15. The Balaban J connectivity index is 2.36. The lowest BCUT2D eigenvalue weighted by molar-refractivity contribution is 0.112. The first kappa shape index (κ1) is 13.7. The molecule has 0 aliphatic heterocycles. The van der Waals surface area contributed by atoms with Crippen LogP contribution in [0.2, 0.25) is 0 Å². The first-order valence-corrected chi connectivity index (χ1v) is 7.11. The molecule has 100 valence electrons. The van der Waals surface area contributed by atoms with E-state index in [9.17, 15) is 4.79 Å². The number of hydrogen-bond donors (Lipinski definition) is 0. The van der Waals surface area contributed by atoms with E-state index in [0.29, 0.717) is 0 Å². The van der Waals surface area contributed by atoms with E-state index in [2.05, 4.69) is 50.0 Å². The third-order valence-electron chi connectivity index (χ3n) is 3.03. The third-order valence-corrected chi connectivity index (χ3v) is 4.10. The fourth-order valence-corrected chi connectivity index (χ4v) is 2.87. The van der Waals surface area contributed by atoms with E-state index in [0.717, 1.165) is 27.7 Å². The van der Waals surface area contributed by atoms with Crippen molar-refractivity contribution in [3.8, 4) is 0 Å². The average Bonchev–Trinajstić information content (AvgIpc) is 2.83. The van der Waals surface area contributed by atoms with Crippen molar-refractivity contribution in [2.24, 2.45) is 0 Å². The van der Waals surface area contributed by atoms with Crippen LogP contribution in [0.1, 0.15) is 40.7 Å². The number of benzene rings is 1. The molecule has 3 nitrogen and oxygen atoms in total. The highest BCUT2D eigenvalue weighted by Crippen LogP contribution is 2.32. The highest BCUT2D eigenvalue weighted by Gasteiger charge is 2.16. The molecule has 0 unspecified atom stereocenters. The molecule has 0 N–H and O–H groups in total. The minimum Gasteiger partial charge on any atom is -0.321 e. The van der Waals surface area contributed by atoms with E-state index < -0.39 is 0 Å². The minimum atomic E-state index is 0.261. The fourth-order valence-electron chi connectivity index (χ4n) is 1.85. The van der Waals surface area contributed by atoms with Crippen molar-refractivity contribution >= 4 is 28.4 Å². The van der Waals surface area contributed by atoms with E-state index in [1.807, 2.05) is 11.9 Å². The molecule has 0 saturated heterocycles. The Morgan fingerprint density at radius 1 is 1.26 bits per heavy atom. The van der Waals surface area contributed by atoms with Crippen LogP contribution in [0.3, 0.4) is 0 Å². The zero-order valence-electron chi connectivity index (χ0n) is 11.7. The molecule has 1 aromatic carbocycles. The standard InChI is InChI=1S/C15H18N2OS/c1-10(2)14-13(9-18)19-15(16-14)17(4)12-7-5-11(3)6-8-12/h5-10H,1-4H3. The highest BCUT2D eigenvalue weighted by atomic mass is 32.1. The van der Waals surface area contributed by atoms with E-state index in [4.69, 9.17) is 0 Å². The fraction of sp³-hybridized carbons (Fsp3) is 0.333. The molecule has 1 aromatic heterocycles. The summed E-state index contributed by atoms with van der Waals surface area (Å²) in [5.74, 6) is 0.261. The van der Waals surface area contributed by atoms with Crippen molar-refractivity contribution < 1.29 is 4.79 Å². The molecule has 0 saturated carbocycles. The summed E-state index contributed by atoms with van der Waals surface area (Å²) in [6, 6.07) is 8.27. The van der Waals surface area contributed by atoms with Crippen LogP contribution in [0.25, 0.3) is 0 Å². The monoisotopic (exact) mass is 274 g/mol. The van der Waals surface area contributed by atoms with Gasteiger partial charge in [0.15, 0.2) is 11.4 Å². The second-order valence-electron chi connectivity index (χ2n) is 4.91. The van der Waals surface area contributed by atoms with Crippen LogP contribution in [-0.2, 0) is 0 Å². The Hall–Kier alpha value is -1.68. The summed E-state index contributed by atoms with van der Waals surface area (Å²) in [5, 5.41) is 0.856. The molecule has 2 aromatic rings. The van der Waals surface area contributed by atoms with Gasteiger partial charge >= 0.3 is 0 Å². The van der Waals surface area contributed by atoms with Gasteiger partial charge in [-0.3, -0.25) is 4.79 Å². The summed E-state index contributed by atoms with van der Waals surface area (Å²) in [6.45, 7) is 6.17. The summed E-state index contributed by atoms with van der Waals surface area (Å²) < 4.78 is 0.